The molecule has 0 saturated heterocycles. The summed E-state index contributed by atoms with van der Waals surface area (Å²) in [5, 5.41) is 21.3. The van der Waals surface area contributed by atoms with Crippen LogP contribution in [-0.2, 0) is 19.1 Å². The number of hydrogen-bond donors (Lipinski definition) is 2. The Hall–Kier alpha value is -4.74. The Morgan fingerprint density at radius 3 is 2.24 bits per heavy atom. The minimum absolute atomic E-state index is 0.00332. The van der Waals surface area contributed by atoms with E-state index in [1.54, 1.807) is 73.7 Å². The van der Waals surface area contributed by atoms with Crippen LogP contribution in [0.25, 0.3) is 11.1 Å². The predicted molar refractivity (Wildman–Crippen MR) is 143 cm³/mol. The average Bonchev–Trinajstić information content (AvgIpc) is 2.93. The molecule has 0 fully saturated rings. The van der Waals surface area contributed by atoms with Crippen LogP contribution in [0.3, 0.4) is 0 Å². The fourth-order valence-corrected chi connectivity index (χ4v) is 4.84. The number of carbonyl (C=O) groups excluding carboxylic acids is 2. The maximum absolute atomic E-state index is 13.4. The summed E-state index contributed by atoms with van der Waals surface area (Å²) in [4.78, 5) is 27.9. The molecular formula is C29H24ClN3O5. The van der Waals surface area contributed by atoms with Crippen LogP contribution in [0.2, 0.25) is 5.02 Å². The highest BCUT2D eigenvalue weighted by Crippen LogP contribution is 2.48. The summed E-state index contributed by atoms with van der Waals surface area (Å²) in [5.74, 6) is -2.90. The molecule has 0 spiro atoms. The van der Waals surface area contributed by atoms with Gasteiger partial charge in [0.25, 0.3) is 0 Å². The summed E-state index contributed by atoms with van der Waals surface area (Å²) < 4.78 is 10.2. The number of hydrogen-bond acceptors (Lipinski definition) is 8. The van der Waals surface area contributed by atoms with Gasteiger partial charge < -0.3 is 20.3 Å². The Kier molecular flexibility index (Phi) is 7.42. The number of rotatable bonds is 5. The highest BCUT2D eigenvalue weighted by molar-refractivity contribution is 6.34. The van der Waals surface area contributed by atoms with Crippen LogP contribution in [0.5, 0.6) is 5.75 Å². The Bertz CT molecular complexity index is 1540. The molecule has 0 aromatic heterocycles. The molecule has 3 aromatic carbocycles. The van der Waals surface area contributed by atoms with Crippen molar-refractivity contribution in [3.63, 3.8) is 0 Å². The number of halogens is 1. The van der Waals surface area contributed by atoms with E-state index in [9.17, 15) is 20.0 Å². The summed E-state index contributed by atoms with van der Waals surface area (Å²) in [5.41, 5.74) is 8.37. The van der Waals surface area contributed by atoms with Gasteiger partial charge in [-0.05, 0) is 24.1 Å². The van der Waals surface area contributed by atoms with Gasteiger partial charge in [0.2, 0.25) is 0 Å². The monoisotopic (exact) mass is 529 g/mol. The Labute approximate surface area is 224 Å². The number of carbonyl (C=O) groups is 2. The van der Waals surface area contributed by atoms with Crippen LogP contribution >= 0.6 is 11.6 Å². The van der Waals surface area contributed by atoms with Crippen LogP contribution in [0, 0.1) is 18.3 Å². The highest BCUT2D eigenvalue weighted by atomic mass is 35.5. The first kappa shape index (κ1) is 26.3. The lowest BCUT2D eigenvalue weighted by molar-refractivity contribution is -0.139. The van der Waals surface area contributed by atoms with Gasteiger partial charge in [-0.1, -0.05) is 72.3 Å². The van der Waals surface area contributed by atoms with E-state index in [2.05, 4.69) is 6.07 Å². The number of para-hydroxylation sites is 2. The molecule has 0 amide bonds. The van der Waals surface area contributed by atoms with Crippen LogP contribution in [0.15, 0.2) is 89.4 Å². The molecular weight excluding hydrogens is 506 g/mol. The molecule has 1 atom stereocenters. The Morgan fingerprint density at radius 1 is 0.974 bits per heavy atom. The number of aryl methyl sites for hydroxylation is 1. The van der Waals surface area contributed by atoms with Crippen molar-refractivity contribution in [2.75, 3.05) is 19.1 Å². The van der Waals surface area contributed by atoms with Gasteiger partial charge >= 0.3 is 11.9 Å². The van der Waals surface area contributed by atoms with Gasteiger partial charge in [0.1, 0.15) is 17.3 Å². The summed E-state index contributed by atoms with van der Waals surface area (Å²) in [6.45, 7) is 1.74. The van der Waals surface area contributed by atoms with Crippen LogP contribution in [0.4, 0.5) is 5.69 Å². The minimum atomic E-state index is -1.02. The molecule has 3 aromatic rings. The first-order valence-electron chi connectivity index (χ1n) is 11.5. The number of phenols is 1. The Morgan fingerprint density at radius 2 is 1.61 bits per heavy atom. The molecule has 9 heteroatoms. The summed E-state index contributed by atoms with van der Waals surface area (Å²) in [6, 6.07) is 20.9. The molecule has 1 unspecified atom stereocenters. The van der Waals surface area contributed by atoms with Crippen molar-refractivity contribution in [2.45, 2.75) is 12.8 Å². The van der Waals surface area contributed by atoms with Gasteiger partial charge in [-0.2, -0.15) is 5.26 Å². The number of ether oxygens (including phenoxy) is 2. The number of nitrogens with zero attached hydrogens (tertiary/aromatic N) is 2. The topological polar surface area (TPSA) is 126 Å². The number of nitrogens with two attached hydrogens (primary N) is 1. The average molecular weight is 530 g/mol. The van der Waals surface area contributed by atoms with Gasteiger partial charge in [-0.3, -0.25) is 4.90 Å². The van der Waals surface area contributed by atoms with Crippen molar-refractivity contribution >= 4 is 29.2 Å². The second-order valence-electron chi connectivity index (χ2n) is 8.44. The van der Waals surface area contributed by atoms with Gasteiger partial charge in [-0.25, -0.2) is 9.59 Å². The van der Waals surface area contributed by atoms with E-state index in [0.717, 1.165) is 0 Å². The molecule has 1 aliphatic heterocycles. The quantitative estimate of drug-likeness (QED) is 0.446. The highest BCUT2D eigenvalue weighted by Gasteiger charge is 2.44. The molecule has 38 heavy (non-hydrogen) atoms. The normalized spacial score (nSPS) is 15.2. The molecule has 0 radical (unpaired) electrons. The summed E-state index contributed by atoms with van der Waals surface area (Å²) >= 11 is 6.71. The second kappa shape index (κ2) is 10.7. The van der Waals surface area contributed by atoms with Gasteiger partial charge in [0.05, 0.1) is 48.1 Å². The third kappa shape index (κ3) is 4.33. The zero-order chi connectivity index (χ0) is 27.6. The molecule has 8 nitrogen and oxygen atoms in total. The summed E-state index contributed by atoms with van der Waals surface area (Å²) in [6.07, 6.45) is 0. The van der Waals surface area contributed by atoms with Crippen molar-refractivity contribution in [3.8, 4) is 22.9 Å². The smallest absolute Gasteiger partial charge is 0.355 e. The molecule has 4 rings (SSSR count). The maximum atomic E-state index is 13.4. The molecule has 0 bridgehead atoms. The number of methoxy groups -OCH3 is 2. The molecule has 192 valence electrons. The van der Waals surface area contributed by atoms with Crippen molar-refractivity contribution in [1.82, 2.24) is 0 Å². The standard InChI is InChI=1S/C29H24ClN3O5/c1-16-9-7-13-19(26(16)34)18-12-8-14-21(30)24(18)33-25(29(36)38-3)23(28(35)37-2)22(20(15-31)27(33)32)17-10-5-4-6-11-17/h4-14,22,34H,32H2,1-3H3. The molecule has 0 saturated carbocycles. The first-order valence-corrected chi connectivity index (χ1v) is 11.9. The fraction of sp³-hybridized carbons (Fsp3) is 0.138. The van der Waals surface area contributed by atoms with E-state index in [0.29, 0.717) is 22.3 Å². The molecule has 3 N–H and O–H groups in total. The predicted octanol–water partition coefficient (Wildman–Crippen LogP) is 4.92. The fourth-order valence-electron chi connectivity index (χ4n) is 4.58. The van der Waals surface area contributed by atoms with Gasteiger partial charge in [-0.15, -0.1) is 0 Å². The lowest BCUT2D eigenvalue weighted by Gasteiger charge is -2.37. The number of phenolic OH excluding ortho intramolecular Hbond substituents is 1. The maximum Gasteiger partial charge on any atom is 0.355 e. The van der Waals surface area contributed by atoms with E-state index in [4.69, 9.17) is 26.8 Å². The number of esters is 2. The summed E-state index contributed by atoms with van der Waals surface area (Å²) in [7, 11) is 2.34. The van der Waals surface area contributed by atoms with Crippen molar-refractivity contribution in [3.05, 3.63) is 106 Å². The van der Waals surface area contributed by atoms with Gasteiger partial charge in [0.15, 0.2) is 0 Å². The van der Waals surface area contributed by atoms with E-state index in [-0.39, 0.29) is 39.1 Å². The largest absolute Gasteiger partial charge is 0.507 e. The number of aromatic hydroxyl groups is 1. The third-order valence-corrected chi connectivity index (χ3v) is 6.65. The van der Waals surface area contributed by atoms with E-state index in [1.165, 1.54) is 19.1 Å². The SMILES string of the molecule is COC(=O)C1=C(C(=O)OC)N(c2c(Cl)cccc2-c2cccc(C)c2O)C(N)=C(C#N)C1c1ccccc1. The number of allylic oxidation sites excluding steroid dienone is 1. The van der Waals surface area contributed by atoms with Crippen LogP contribution < -0.4 is 10.6 Å². The zero-order valence-corrected chi connectivity index (χ0v) is 21.6. The lowest BCUT2D eigenvalue weighted by atomic mass is 9.80. The van der Waals surface area contributed by atoms with Crippen molar-refractivity contribution < 1.29 is 24.2 Å². The molecule has 1 aliphatic rings. The van der Waals surface area contributed by atoms with E-state index in [1.807, 2.05) is 0 Å². The van der Waals surface area contributed by atoms with Crippen molar-refractivity contribution in [2.24, 2.45) is 5.73 Å². The number of benzene rings is 3. The lowest BCUT2D eigenvalue weighted by Crippen LogP contribution is -2.41. The van der Waals surface area contributed by atoms with Gasteiger partial charge in [0, 0.05) is 11.1 Å². The number of anilines is 1. The first-order chi connectivity index (χ1) is 18.3. The van der Waals surface area contributed by atoms with Crippen LogP contribution in [-0.4, -0.2) is 31.3 Å². The molecule has 0 aliphatic carbocycles. The third-order valence-electron chi connectivity index (χ3n) is 6.35. The van der Waals surface area contributed by atoms with E-state index >= 15 is 0 Å². The molecule has 1 heterocycles. The second-order valence-corrected chi connectivity index (χ2v) is 8.85. The Balaban J connectivity index is 2.15. The minimum Gasteiger partial charge on any atom is -0.507 e. The zero-order valence-electron chi connectivity index (χ0n) is 20.9. The van der Waals surface area contributed by atoms with E-state index < -0.39 is 17.9 Å². The van der Waals surface area contributed by atoms with Crippen molar-refractivity contribution in [1.29, 1.82) is 5.26 Å². The van der Waals surface area contributed by atoms with Crippen LogP contribution in [0.1, 0.15) is 17.0 Å². The number of nitriles is 1.